The second kappa shape index (κ2) is 6.13. The quantitative estimate of drug-likeness (QED) is 0.888. The Hall–Kier alpha value is 0.250. The minimum Gasteiger partial charge on any atom is -0.207 e. The van der Waals surface area contributed by atoms with Crippen molar-refractivity contribution in [2.75, 3.05) is 11.5 Å². The van der Waals surface area contributed by atoms with Gasteiger partial charge in [0.25, 0.3) is 0 Å². The van der Waals surface area contributed by atoms with Gasteiger partial charge in [0, 0.05) is 16.3 Å². The zero-order valence-electron chi connectivity index (χ0n) is 9.53. The van der Waals surface area contributed by atoms with E-state index in [9.17, 15) is 8.42 Å². The molecule has 0 aliphatic carbocycles. The van der Waals surface area contributed by atoms with Gasteiger partial charge >= 0.3 is 0 Å². The van der Waals surface area contributed by atoms with Gasteiger partial charge in [-0.3, -0.25) is 0 Å². The molecule has 1 unspecified atom stereocenters. The number of hydrogen-bond acceptors (Lipinski definition) is 3. The van der Waals surface area contributed by atoms with Crippen LogP contribution < -0.4 is 4.72 Å². The molecule has 7 heteroatoms. The molecule has 0 amide bonds. The summed E-state index contributed by atoms with van der Waals surface area (Å²) < 4.78 is 27.7. The summed E-state index contributed by atoms with van der Waals surface area (Å²) in [6, 6.07) is 4.66. The molecule has 1 fully saturated rings. The largest absolute Gasteiger partial charge is 0.240 e. The van der Waals surface area contributed by atoms with Crippen LogP contribution in [0.5, 0.6) is 0 Å². The molecule has 1 aliphatic rings. The molecule has 0 bridgehead atoms. The third-order valence-electron chi connectivity index (χ3n) is 2.68. The molecule has 0 saturated carbocycles. The highest BCUT2D eigenvalue weighted by Gasteiger charge is 2.22. The van der Waals surface area contributed by atoms with E-state index in [1.807, 2.05) is 0 Å². The lowest BCUT2D eigenvalue weighted by Gasteiger charge is -2.22. The lowest BCUT2D eigenvalue weighted by molar-refractivity contribution is 0.543. The fourth-order valence-corrected chi connectivity index (χ4v) is 4.89. The number of hydrogen-bond donors (Lipinski definition) is 1. The first-order valence-electron chi connectivity index (χ1n) is 5.54. The minimum atomic E-state index is -3.45. The third-order valence-corrected chi connectivity index (χ3v) is 6.63. The SMILES string of the molecule is O=S(=O)(NC1CCCSC1)c1ccc(Cl)c(Br)c1. The number of rotatable bonds is 3. The lowest BCUT2D eigenvalue weighted by Crippen LogP contribution is -2.38. The zero-order valence-corrected chi connectivity index (χ0v) is 13.5. The Balaban J connectivity index is 2.16. The van der Waals surface area contributed by atoms with E-state index in [1.165, 1.54) is 12.1 Å². The van der Waals surface area contributed by atoms with E-state index in [0.717, 1.165) is 24.3 Å². The number of nitrogens with one attached hydrogen (secondary N) is 1. The van der Waals surface area contributed by atoms with Crippen LogP contribution in [0.3, 0.4) is 0 Å². The van der Waals surface area contributed by atoms with E-state index in [1.54, 1.807) is 17.8 Å². The van der Waals surface area contributed by atoms with Gasteiger partial charge in [-0.1, -0.05) is 11.6 Å². The van der Waals surface area contributed by atoms with Crippen molar-refractivity contribution < 1.29 is 8.42 Å². The summed E-state index contributed by atoms with van der Waals surface area (Å²) in [7, 11) is -3.45. The first-order valence-corrected chi connectivity index (χ1v) is 9.35. The van der Waals surface area contributed by atoms with Crippen LogP contribution in [-0.2, 0) is 10.0 Å². The predicted octanol–water partition coefficient (Wildman–Crippen LogP) is 3.28. The maximum Gasteiger partial charge on any atom is 0.240 e. The standard InChI is InChI=1S/C11H13BrClNO2S2/c12-10-6-9(3-4-11(10)13)18(15,16)14-8-2-1-5-17-7-8/h3-4,6,8,14H,1-2,5,7H2. The minimum absolute atomic E-state index is 0.0307. The average molecular weight is 371 g/mol. The zero-order chi connectivity index (χ0) is 13.2. The van der Waals surface area contributed by atoms with Gasteiger partial charge in [0.2, 0.25) is 10.0 Å². The fourth-order valence-electron chi connectivity index (χ4n) is 1.77. The second-order valence-electron chi connectivity index (χ2n) is 4.11. The summed E-state index contributed by atoms with van der Waals surface area (Å²) in [4.78, 5) is 0.245. The maximum atomic E-state index is 12.2. The highest BCUT2D eigenvalue weighted by molar-refractivity contribution is 9.10. The summed E-state index contributed by atoms with van der Waals surface area (Å²) in [5.74, 6) is 1.96. The Morgan fingerprint density at radius 3 is 2.83 bits per heavy atom. The van der Waals surface area contributed by atoms with Crippen LogP contribution in [0.25, 0.3) is 0 Å². The molecule has 1 N–H and O–H groups in total. The number of sulfonamides is 1. The van der Waals surface area contributed by atoms with Crippen LogP contribution in [0, 0.1) is 0 Å². The lowest BCUT2D eigenvalue weighted by atomic mass is 10.2. The summed E-state index contributed by atoms with van der Waals surface area (Å²) in [6.45, 7) is 0. The summed E-state index contributed by atoms with van der Waals surface area (Å²) in [5, 5.41) is 0.502. The van der Waals surface area contributed by atoms with Gasteiger partial charge < -0.3 is 0 Å². The van der Waals surface area contributed by atoms with Gasteiger partial charge in [0.05, 0.1) is 9.92 Å². The molecule has 1 heterocycles. The van der Waals surface area contributed by atoms with Crippen molar-refractivity contribution in [2.24, 2.45) is 0 Å². The molecule has 1 saturated heterocycles. The smallest absolute Gasteiger partial charge is 0.207 e. The van der Waals surface area contributed by atoms with Crippen LogP contribution in [-0.4, -0.2) is 26.0 Å². The molecule has 3 nitrogen and oxygen atoms in total. The van der Waals surface area contributed by atoms with Crippen molar-refractivity contribution in [3.05, 3.63) is 27.7 Å². The van der Waals surface area contributed by atoms with Gasteiger partial charge in [0.15, 0.2) is 0 Å². The second-order valence-corrected chi connectivity index (χ2v) is 8.24. The van der Waals surface area contributed by atoms with Crippen molar-refractivity contribution in [1.82, 2.24) is 4.72 Å². The van der Waals surface area contributed by atoms with Crippen LogP contribution in [0.15, 0.2) is 27.6 Å². The number of thioether (sulfide) groups is 1. The van der Waals surface area contributed by atoms with E-state index in [-0.39, 0.29) is 10.9 Å². The van der Waals surface area contributed by atoms with Crippen LogP contribution in [0.1, 0.15) is 12.8 Å². The Morgan fingerprint density at radius 1 is 1.44 bits per heavy atom. The van der Waals surface area contributed by atoms with E-state index in [4.69, 9.17) is 11.6 Å². The Kier molecular flexibility index (Phi) is 4.99. The molecule has 0 aromatic heterocycles. The first-order chi connectivity index (χ1) is 8.49. The van der Waals surface area contributed by atoms with E-state index in [0.29, 0.717) is 9.50 Å². The van der Waals surface area contributed by atoms with Crippen LogP contribution in [0.4, 0.5) is 0 Å². The molecule has 1 aromatic carbocycles. The maximum absolute atomic E-state index is 12.2. The topological polar surface area (TPSA) is 46.2 Å². The van der Waals surface area contributed by atoms with Gasteiger partial charge in [-0.2, -0.15) is 11.8 Å². The van der Waals surface area contributed by atoms with Crippen LogP contribution in [0.2, 0.25) is 5.02 Å². The molecule has 1 aromatic rings. The summed E-state index contributed by atoms with van der Waals surface area (Å²) in [6.07, 6.45) is 1.96. The van der Waals surface area contributed by atoms with Crippen molar-refractivity contribution in [2.45, 2.75) is 23.8 Å². The molecule has 0 spiro atoms. The molecule has 100 valence electrons. The summed E-state index contributed by atoms with van der Waals surface area (Å²) >= 11 is 10.9. The van der Waals surface area contributed by atoms with Crippen LogP contribution >= 0.6 is 39.3 Å². The molecule has 0 radical (unpaired) electrons. The molecule has 18 heavy (non-hydrogen) atoms. The molecular formula is C11H13BrClNO2S2. The fraction of sp³-hybridized carbons (Fsp3) is 0.455. The van der Waals surface area contributed by atoms with E-state index < -0.39 is 10.0 Å². The first kappa shape index (κ1) is 14.7. The van der Waals surface area contributed by atoms with Crippen molar-refractivity contribution in [3.63, 3.8) is 0 Å². The Labute approximate surface area is 125 Å². The summed E-state index contributed by atoms with van der Waals surface area (Å²) in [5.41, 5.74) is 0. The van der Waals surface area contributed by atoms with Gasteiger partial charge in [0.1, 0.15) is 0 Å². The Bertz CT molecular complexity index is 530. The van der Waals surface area contributed by atoms with Crippen molar-refractivity contribution in [3.8, 4) is 0 Å². The predicted molar refractivity (Wildman–Crippen MR) is 79.8 cm³/mol. The van der Waals surface area contributed by atoms with E-state index >= 15 is 0 Å². The van der Waals surface area contributed by atoms with Crippen molar-refractivity contribution in [1.29, 1.82) is 0 Å². The Morgan fingerprint density at radius 2 is 2.22 bits per heavy atom. The number of benzene rings is 1. The third kappa shape index (κ3) is 3.63. The highest BCUT2D eigenvalue weighted by atomic mass is 79.9. The van der Waals surface area contributed by atoms with E-state index in [2.05, 4.69) is 20.7 Å². The molecular weight excluding hydrogens is 358 g/mol. The average Bonchev–Trinajstić information content (AvgIpc) is 2.33. The molecule has 2 rings (SSSR count). The normalized spacial score (nSPS) is 20.9. The van der Waals surface area contributed by atoms with Crippen molar-refractivity contribution >= 4 is 49.3 Å². The number of halogens is 2. The molecule has 1 atom stereocenters. The monoisotopic (exact) mass is 369 g/mol. The van der Waals surface area contributed by atoms with Gasteiger partial charge in [-0.05, 0) is 52.7 Å². The molecule has 1 aliphatic heterocycles. The van der Waals surface area contributed by atoms with Gasteiger partial charge in [-0.25, -0.2) is 13.1 Å². The highest BCUT2D eigenvalue weighted by Crippen LogP contribution is 2.26. The van der Waals surface area contributed by atoms with Gasteiger partial charge in [-0.15, -0.1) is 0 Å².